The van der Waals surface area contributed by atoms with Crippen LogP contribution in [0, 0.1) is 0 Å². The Labute approximate surface area is 110 Å². The van der Waals surface area contributed by atoms with Gasteiger partial charge in [-0.25, -0.2) is 8.78 Å². The average molecular weight is 272 g/mol. The van der Waals surface area contributed by atoms with Crippen molar-refractivity contribution in [1.82, 2.24) is 5.32 Å². The Morgan fingerprint density at radius 1 is 1.37 bits per heavy atom. The molecule has 0 unspecified atom stereocenters. The molecule has 0 bridgehead atoms. The molecule has 0 spiro atoms. The van der Waals surface area contributed by atoms with Crippen molar-refractivity contribution < 1.29 is 18.3 Å². The fraction of sp³-hybridized carbons (Fsp3) is 0.462. The van der Waals surface area contributed by atoms with Gasteiger partial charge in [0, 0.05) is 0 Å². The van der Waals surface area contributed by atoms with Gasteiger partial charge < -0.3 is 15.8 Å². The Balaban J connectivity index is 2.33. The minimum atomic E-state index is -3.08. The number of benzene rings is 1. The van der Waals surface area contributed by atoms with Gasteiger partial charge in [0.2, 0.25) is 0 Å². The van der Waals surface area contributed by atoms with E-state index in [0.717, 1.165) is 12.0 Å². The van der Waals surface area contributed by atoms with Gasteiger partial charge in [-0.2, -0.15) is 0 Å². The predicted molar refractivity (Wildman–Crippen MR) is 68.3 cm³/mol. The first-order valence-electron chi connectivity index (χ1n) is 6.03. The summed E-state index contributed by atoms with van der Waals surface area (Å²) < 4.78 is 30.7. The second kappa shape index (κ2) is 7.04. The number of carbonyl (C=O) groups excluding carboxylic acids is 1. The second-order valence-electron chi connectivity index (χ2n) is 4.12. The van der Waals surface area contributed by atoms with E-state index in [1.807, 2.05) is 19.1 Å². The molecule has 0 aromatic heterocycles. The van der Waals surface area contributed by atoms with Crippen LogP contribution < -0.4 is 15.8 Å². The van der Waals surface area contributed by atoms with Crippen molar-refractivity contribution in [1.29, 1.82) is 0 Å². The normalized spacial score (nSPS) is 11.2. The Morgan fingerprint density at radius 3 is 2.53 bits per heavy atom. The number of halogens is 2. The fourth-order valence-electron chi connectivity index (χ4n) is 1.32. The molecule has 1 rings (SSSR count). The summed E-state index contributed by atoms with van der Waals surface area (Å²) in [5.41, 5.74) is 6.00. The summed E-state index contributed by atoms with van der Waals surface area (Å²) >= 11 is 0. The van der Waals surface area contributed by atoms with Crippen LogP contribution in [0.3, 0.4) is 0 Å². The summed E-state index contributed by atoms with van der Waals surface area (Å²) in [7, 11) is 0. The molecule has 0 aliphatic heterocycles. The highest BCUT2D eigenvalue weighted by Crippen LogP contribution is 2.12. The molecule has 4 nitrogen and oxygen atoms in total. The monoisotopic (exact) mass is 272 g/mol. The molecule has 0 heterocycles. The Bertz CT molecular complexity index is 408. The number of nitrogens with one attached hydrogen (secondary N) is 1. The summed E-state index contributed by atoms with van der Waals surface area (Å²) in [5.74, 6) is -3.16. The smallest absolute Gasteiger partial charge is 0.277 e. The summed E-state index contributed by atoms with van der Waals surface area (Å²) in [6.45, 7) is 0.153. The average Bonchev–Trinajstić information content (AvgIpc) is 2.43. The van der Waals surface area contributed by atoms with E-state index >= 15 is 0 Å². The van der Waals surface area contributed by atoms with Gasteiger partial charge in [-0.05, 0) is 24.1 Å². The molecular weight excluding hydrogens is 254 g/mol. The number of hydrogen-bond acceptors (Lipinski definition) is 3. The molecule has 0 saturated heterocycles. The Kier molecular flexibility index (Phi) is 5.69. The second-order valence-corrected chi connectivity index (χ2v) is 4.12. The summed E-state index contributed by atoms with van der Waals surface area (Å²) in [5, 5.41) is 2.07. The van der Waals surface area contributed by atoms with E-state index < -0.39 is 24.9 Å². The van der Waals surface area contributed by atoms with Gasteiger partial charge in [0.05, 0.1) is 13.1 Å². The van der Waals surface area contributed by atoms with Crippen molar-refractivity contribution in [2.24, 2.45) is 5.73 Å². The van der Waals surface area contributed by atoms with E-state index in [2.05, 4.69) is 5.32 Å². The molecule has 0 fully saturated rings. The first-order chi connectivity index (χ1) is 8.96. The number of nitrogens with two attached hydrogens (primary N) is 1. The lowest BCUT2D eigenvalue weighted by Crippen LogP contribution is -2.43. The lowest BCUT2D eigenvalue weighted by Gasteiger charge is -2.14. The van der Waals surface area contributed by atoms with Crippen LogP contribution in [0.2, 0.25) is 0 Å². The number of ether oxygens (including phenoxy) is 1. The van der Waals surface area contributed by atoms with Crippen molar-refractivity contribution in [3.63, 3.8) is 0 Å². The van der Waals surface area contributed by atoms with E-state index in [0.29, 0.717) is 5.75 Å². The Morgan fingerprint density at radius 2 is 2.00 bits per heavy atom. The number of amides is 1. The zero-order chi connectivity index (χ0) is 14.3. The molecule has 1 aromatic carbocycles. The first-order valence-corrected chi connectivity index (χ1v) is 6.03. The molecule has 6 heteroatoms. The summed E-state index contributed by atoms with van der Waals surface area (Å²) in [4.78, 5) is 11.3. The van der Waals surface area contributed by atoms with Crippen molar-refractivity contribution in [2.45, 2.75) is 19.3 Å². The van der Waals surface area contributed by atoms with Crippen LogP contribution in [0.25, 0.3) is 0 Å². The molecule has 3 N–H and O–H groups in total. The van der Waals surface area contributed by atoms with Gasteiger partial charge in [-0.15, -0.1) is 0 Å². The lowest BCUT2D eigenvalue weighted by molar-refractivity contribution is -0.124. The van der Waals surface area contributed by atoms with Crippen molar-refractivity contribution >= 4 is 5.91 Å². The van der Waals surface area contributed by atoms with Crippen LogP contribution in [0.15, 0.2) is 24.3 Å². The molecule has 1 amide bonds. The predicted octanol–water partition coefficient (Wildman–Crippen LogP) is 1.34. The molecule has 106 valence electrons. The molecule has 0 aliphatic carbocycles. The highest BCUT2D eigenvalue weighted by atomic mass is 19.3. The number of aryl methyl sites for hydroxylation is 1. The minimum Gasteiger partial charge on any atom is -0.484 e. The van der Waals surface area contributed by atoms with Crippen LogP contribution in [-0.2, 0) is 11.2 Å². The lowest BCUT2D eigenvalue weighted by atomic mass is 10.2. The maximum absolute atomic E-state index is 12.8. The number of alkyl halides is 2. The van der Waals surface area contributed by atoms with E-state index in [1.165, 1.54) is 0 Å². The quantitative estimate of drug-likeness (QED) is 0.787. The van der Waals surface area contributed by atoms with Gasteiger partial charge in [0.15, 0.2) is 6.61 Å². The van der Waals surface area contributed by atoms with Gasteiger partial charge in [0.25, 0.3) is 11.8 Å². The van der Waals surface area contributed by atoms with Crippen molar-refractivity contribution in [3.05, 3.63) is 29.8 Å². The van der Waals surface area contributed by atoms with Crippen molar-refractivity contribution in [2.75, 3.05) is 19.7 Å². The summed E-state index contributed by atoms with van der Waals surface area (Å²) in [6, 6.07) is 7.24. The maximum atomic E-state index is 12.8. The third-order valence-electron chi connectivity index (χ3n) is 2.54. The molecule has 19 heavy (non-hydrogen) atoms. The molecule has 0 atom stereocenters. The highest BCUT2D eigenvalue weighted by Gasteiger charge is 2.27. The van der Waals surface area contributed by atoms with Crippen LogP contribution in [-0.4, -0.2) is 31.5 Å². The number of carbonyl (C=O) groups is 1. The minimum absolute atomic E-state index is 0.299. The molecular formula is C13H18F2N2O2. The van der Waals surface area contributed by atoms with E-state index in [-0.39, 0.29) is 6.61 Å². The zero-order valence-corrected chi connectivity index (χ0v) is 10.8. The van der Waals surface area contributed by atoms with Crippen LogP contribution in [0.1, 0.15) is 12.5 Å². The highest BCUT2D eigenvalue weighted by molar-refractivity contribution is 5.77. The molecule has 0 saturated carbocycles. The van der Waals surface area contributed by atoms with Crippen LogP contribution >= 0.6 is 0 Å². The number of rotatable bonds is 7. The maximum Gasteiger partial charge on any atom is 0.277 e. The molecule has 0 radical (unpaired) electrons. The third kappa shape index (κ3) is 5.65. The topological polar surface area (TPSA) is 64.3 Å². The largest absolute Gasteiger partial charge is 0.484 e. The molecule has 1 aromatic rings. The standard InChI is InChI=1S/C13H18F2N2O2/c1-2-10-3-5-11(6-4-10)19-7-12(18)17-9-13(14,15)8-16/h3-6H,2,7-9,16H2,1H3,(H,17,18). The van der Waals surface area contributed by atoms with Gasteiger partial charge in [-0.3, -0.25) is 4.79 Å². The summed E-state index contributed by atoms with van der Waals surface area (Å²) in [6.07, 6.45) is 0.912. The SMILES string of the molecule is CCc1ccc(OCC(=O)NCC(F)(F)CN)cc1. The van der Waals surface area contributed by atoms with Crippen molar-refractivity contribution in [3.8, 4) is 5.75 Å². The zero-order valence-electron chi connectivity index (χ0n) is 10.8. The van der Waals surface area contributed by atoms with Gasteiger partial charge >= 0.3 is 0 Å². The first kappa shape index (κ1) is 15.4. The molecule has 0 aliphatic rings. The number of hydrogen-bond donors (Lipinski definition) is 2. The van der Waals surface area contributed by atoms with Crippen LogP contribution in [0.4, 0.5) is 8.78 Å². The Hall–Kier alpha value is -1.69. The van der Waals surface area contributed by atoms with E-state index in [1.54, 1.807) is 12.1 Å². The van der Waals surface area contributed by atoms with Gasteiger partial charge in [0.1, 0.15) is 5.75 Å². The van der Waals surface area contributed by atoms with E-state index in [9.17, 15) is 13.6 Å². The van der Waals surface area contributed by atoms with Gasteiger partial charge in [-0.1, -0.05) is 19.1 Å². The fourth-order valence-corrected chi connectivity index (χ4v) is 1.32. The van der Waals surface area contributed by atoms with Crippen LogP contribution in [0.5, 0.6) is 5.75 Å². The third-order valence-corrected chi connectivity index (χ3v) is 2.54. The van der Waals surface area contributed by atoms with E-state index in [4.69, 9.17) is 10.5 Å².